The second-order valence-corrected chi connectivity index (χ2v) is 4.61. The predicted molar refractivity (Wildman–Crippen MR) is 62.2 cm³/mol. The van der Waals surface area contributed by atoms with Crippen molar-refractivity contribution in [2.45, 2.75) is 38.1 Å². The molecule has 1 aliphatic rings. The fourth-order valence-electron chi connectivity index (χ4n) is 2.36. The van der Waals surface area contributed by atoms with Gasteiger partial charge in [0.15, 0.2) is 0 Å². The third-order valence-corrected chi connectivity index (χ3v) is 3.27. The van der Waals surface area contributed by atoms with Gasteiger partial charge in [0.1, 0.15) is 0 Å². The molecule has 0 spiro atoms. The molecule has 0 heterocycles. The molecule has 2 rings (SSSR count). The minimum Gasteiger partial charge on any atom is -0.392 e. The van der Waals surface area contributed by atoms with Gasteiger partial charge in [-0.05, 0) is 36.0 Å². The highest BCUT2D eigenvalue weighted by atomic mass is 19.4. The molecule has 0 saturated heterocycles. The number of aliphatic hydroxyl groups is 1. The van der Waals surface area contributed by atoms with Crippen LogP contribution < -0.4 is 5.32 Å². The van der Waals surface area contributed by atoms with Crippen LogP contribution >= 0.6 is 0 Å². The SMILES string of the molecule is O=C(NC1CCCc2cc(CO)ccc21)C(F)(F)F. The quantitative estimate of drug-likeness (QED) is 0.868. The van der Waals surface area contributed by atoms with Crippen LogP contribution in [0.4, 0.5) is 13.2 Å². The van der Waals surface area contributed by atoms with E-state index in [9.17, 15) is 18.0 Å². The van der Waals surface area contributed by atoms with Crippen LogP contribution in [0.25, 0.3) is 0 Å². The molecule has 0 aliphatic heterocycles. The molecule has 1 atom stereocenters. The van der Waals surface area contributed by atoms with Crippen LogP contribution in [-0.4, -0.2) is 17.2 Å². The summed E-state index contributed by atoms with van der Waals surface area (Å²) in [7, 11) is 0. The molecule has 0 saturated carbocycles. The van der Waals surface area contributed by atoms with Gasteiger partial charge in [-0.1, -0.05) is 18.2 Å². The molecular weight excluding hydrogens is 259 g/mol. The lowest BCUT2D eigenvalue weighted by atomic mass is 9.86. The standard InChI is InChI=1S/C13H14F3NO2/c14-13(15,16)12(19)17-11-3-1-2-9-6-8(7-18)4-5-10(9)11/h4-6,11,18H,1-3,7H2,(H,17,19). The van der Waals surface area contributed by atoms with Gasteiger partial charge in [0, 0.05) is 0 Å². The smallest absolute Gasteiger partial charge is 0.392 e. The maximum absolute atomic E-state index is 12.3. The largest absolute Gasteiger partial charge is 0.471 e. The fraction of sp³-hybridized carbons (Fsp3) is 0.462. The lowest BCUT2D eigenvalue weighted by molar-refractivity contribution is -0.174. The van der Waals surface area contributed by atoms with E-state index in [2.05, 4.69) is 0 Å². The van der Waals surface area contributed by atoms with Crippen molar-refractivity contribution in [3.63, 3.8) is 0 Å². The van der Waals surface area contributed by atoms with E-state index in [0.717, 1.165) is 17.5 Å². The summed E-state index contributed by atoms with van der Waals surface area (Å²) in [4.78, 5) is 11.0. The van der Waals surface area contributed by atoms with Crippen molar-refractivity contribution in [2.75, 3.05) is 0 Å². The van der Waals surface area contributed by atoms with Gasteiger partial charge in [-0.2, -0.15) is 13.2 Å². The zero-order chi connectivity index (χ0) is 14.0. The third kappa shape index (κ3) is 3.07. The van der Waals surface area contributed by atoms with E-state index in [1.807, 2.05) is 5.32 Å². The molecule has 104 valence electrons. The van der Waals surface area contributed by atoms with Gasteiger partial charge in [0.2, 0.25) is 0 Å². The number of carbonyl (C=O) groups excluding carboxylic acids is 1. The van der Waals surface area contributed by atoms with E-state index >= 15 is 0 Å². The summed E-state index contributed by atoms with van der Waals surface area (Å²) in [5.41, 5.74) is 2.33. The topological polar surface area (TPSA) is 49.3 Å². The second-order valence-electron chi connectivity index (χ2n) is 4.61. The lowest BCUT2D eigenvalue weighted by Gasteiger charge is -2.27. The van der Waals surface area contributed by atoms with Crippen molar-refractivity contribution in [1.29, 1.82) is 0 Å². The summed E-state index contributed by atoms with van der Waals surface area (Å²) in [5.74, 6) is -1.91. The summed E-state index contributed by atoms with van der Waals surface area (Å²) in [6.07, 6.45) is -2.90. The molecule has 1 aromatic carbocycles. The monoisotopic (exact) mass is 273 g/mol. The molecule has 19 heavy (non-hydrogen) atoms. The number of rotatable bonds is 2. The normalized spacial score (nSPS) is 18.8. The molecule has 2 N–H and O–H groups in total. The first kappa shape index (κ1) is 13.9. The number of hydrogen-bond acceptors (Lipinski definition) is 2. The number of carbonyl (C=O) groups is 1. The summed E-state index contributed by atoms with van der Waals surface area (Å²) in [5, 5.41) is 11.1. The molecule has 1 aromatic rings. The highest BCUT2D eigenvalue weighted by Crippen LogP contribution is 2.31. The van der Waals surface area contributed by atoms with E-state index < -0.39 is 18.1 Å². The Balaban J connectivity index is 2.21. The Morgan fingerprint density at radius 3 is 2.79 bits per heavy atom. The highest BCUT2D eigenvalue weighted by Gasteiger charge is 2.40. The Hall–Kier alpha value is -1.56. The number of nitrogens with one attached hydrogen (secondary N) is 1. The molecule has 3 nitrogen and oxygen atoms in total. The first-order valence-corrected chi connectivity index (χ1v) is 6.02. The van der Waals surface area contributed by atoms with Crippen molar-refractivity contribution in [1.82, 2.24) is 5.32 Å². The zero-order valence-electron chi connectivity index (χ0n) is 10.1. The van der Waals surface area contributed by atoms with Crippen LogP contribution in [0, 0.1) is 0 Å². The maximum atomic E-state index is 12.3. The van der Waals surface area contributed by atoms with Crippen molar-refractivity contribution in [3.8, 4) is 0 Å². The van der Waals surface area contributed by atoms with Gasteiger partial charge in [-0.15, -0.1) is 0 Å². The van der Waals surface area contributed by atoms with E-state index in [-0.39, 0.29) is 6.61 Å². The Morgan fingerprint density at radius 1 is 1.42 bits per heavy atom. The van der Waals surface area contributed by atoms with Gasteiger partial charge in [0.25, 0.3) is 0 Å². The van der Waals surface area contributed by atoms with Crippen LogP contribution in [-0.2, 0) is 17.8 Å². The molecule has 6 heteroatoms. The molecular formula is C13H14F3NO2. The van der Waals surface area contributed by atoms with E-state index in [1.54, 1.807) is 18.2 Å². The maximum Gasteiger partial charge on any atom is 0.471 e. The van der Waals surface area contributed by atoms with Crippen LogP contribution in [0.2, 0.25) is 0 Å². The van der Waals surface area contributed by atoms with Gasteiger partial charge >= 0.3 is 12.1 Å². The number of alkyl halides is 3. The fourth-order valence-corrected chi connectivity index (χ4v) is 2.36. The summed E-state index contributed by atoms with van der Waals surface area (Å²) >= 11 is 0. The van der Waals surface area contributed by atoms with E-state index in [1.165, 1.54) is 0 Å². The van der Waals surface area contributed by atoms with Crippen LogP contribution in [0.3, 0.4) is 0 Å². The van der Waals surface area contributed by atoms with Crippen molar-refractivity contribution < 1.29 is 23.1 Å². The number of aryl methyl sites for hydroxylation is 1. The third-order valence-electron chi connectivity index (χ3n) is 3.27. The summed E-state index contributed by atoms with van der Waals surface area (Å²) in [6, 6.07) is 4.52. The number of benzene rings is 1. The van der Waals surface area contributed by atoms with Gasteiger partial charge in [-0.25, -0.2) is 0 Å². The first-order chi connectivity index (χ1) is 8.91. The number of amides is 1. The van der Waals surface area contributed by atoms with Gasteiger partial charge in [0.05, 0.1) is 12.6 Å². The second kappa shape index (κ2) is 5.21. The molecule has 1 amide bonds. The van der Waals surface area contributed by atoms with Crippen molar-refractivity contribution in [2.24, 2.45) is 0 Å². The zero-order valence-corrected chi connectivity index (χ0v) is 10.1. The lowest BCUT2D eigenvalue weighted by Crippen LogP contribution is -2.40. The molecule has 0 fully saturated rings. The molecule has 0 aromatic heterocycles. The summed E-state index contributed by atoms with van der Waals surface area (Å²) in [6.45, 7) is -0.104. The Morgan fingerprint density at radius 2 is 2.16 bits per heavy atom. The first-order valence-electron chi connectivity index (χ1n) is 6.02. The molecule has 0 bridgehead atoms. The minimum absolute atomic E-state index is 0.104. The van der Waals surface area contributed by atoms with Crippen molar-refractivity contribution >= 4 is 5.91 Å². The Bertz CT molecular complexity index is 485. The summed E-state index contributed by atoms with van der Waals surface area (Å²) < 4.78 is 36.8. The number of aliphatic hydroxyl groups excluding tert-OH is 1. The molecule has 1 unspecified atom stereocenters. The van der Waals surface area contributed by atoms with Crippen LogP contribution in [0.5, 0.6) is 0 Å². The average Bonchev–Trinajstić information content (AvgIpc) is 2.37. The number of hydrogen-bond donors (Lipinski definition) is 2. The molecule has 0 radical (unpaired) electrons. The van der Waals surface area contributed by atoms with Gasteiger partial charge in [-0.3, -0.25) is 4.79 Å². The predicted octanol–water partition coefficient (Wildman–Crippen LogP) is 2.23. The molecule has 1 aliphatic carbocycles. The Kier molecular flexibility index (Phi) is 3.80. The van der Waals surface area contributed by atoms with Gasteiger partial charge < -0.3 is 10.4 Å². The van der Waals surface area contributed by atoms with Crippen molar-refractivity contribution in [3.05, 3.63) is 34.9 Å². The van der Waals surface area contributed by atoms with Crippen LogP contribution in [0.15, 0.2) is 18.2 Å². The number of fused-ring (bicyclic) bond motifs is 1. The Labute approximate surface area is 108 Å². The average molecular weight is 273 g/mol. The highest BCUT2D eigenvalue weighted by molar-refractivity contribution is 5.82. The van der Waals surface area contributed by atoms with E-state index in [4.69, 9.17) is 5.11 Å². The minimum atomic E-state index is -4.86. The van der Waals surface area contributed by atoms with Crippen LogP contribution in [0.1, 0.15) is 35.6 Å². The number of halogens is 3. The van der Waals surface area contributed by atoms with E-state index in [0.29, 0.717) is 18.4 Å².